The van der Waals surface area contributed by atoms with E-state index in [-0.39, 0.29) is 6.04 Å². The number of nitrogens with zero attached hydrogens (tertiary/aromatic N) is 2. The molecule has 114 valence electrons. The molecule has 1 atom stereocenters. The fourth-order valence-corrected chi connectivity index (χ4v) is 3.01. The number of halogens is 2. The van der Waals surface area contributed by atoms with Crippen molar-refractivity contribution in [3.63, 3.8) is 0 Å². The van der Waals surface area contributed by atoms with Crippen molar-refractivity contribution in [2.45, 2.75) is 46.3 Å². The lowest BCUT2D eigenvalue weighted by atomic mass is 10.1. The molecule has 0 aliphatic heterocycles. The summed E-state index contributed by atoms with van der Waals surface area (Å²) >= 11 is 12.7. The average Bonchev–Trinajstić information content (AvgIpc) is 2.80. The summed E-state index contributed by atoms with van der Waals surface area (Å²) in [6, 6.07) is 8.04. The Bertz CT molecular complexity index is 608. The molecule has 0 fully saturated rings. The second-order valence-electron chi connectivity index (χ2n) is 5.00. The maximum Gasteiger partial charge on any atom is 0.0863 e. The summed E-state index contributed by atoms with van der Waals surface area (Å²) in [6.45, 7) is 7.73. The average molecular weight is 326 g/mol. The van der Waals surface area contributed by atoms with Gasteiger partial charge in [-0.2, -0.15) is 5.10 Å². The summed E-state index contributed by atoms with van der Waals surface area (Å²) in [7, 11) is 0. The summed E-state index contributed by atoms with van der Waals surface area (Å²) in [5, 5.41) is 9.57. The zero-order valence-corrected chi connectivity index (χ0v) is 14.2. The van der Waals surface area contributed by atoms with E-state index in [0.29, 0.717) is 6.54 Å². The predicted octanol–water partition coefficient (Wildman–Crippen LogP) is 4.62. The van der Waals surface area contributed by atoms with Crippen molar-refractivity contribution in [2.24, 2.45) is 0 Å². The van der Waals surface area contributed by atoms with Crippen LogP contribution in [0.3, 0.4) is 0 Å². The van der Waals surface area contributed by atoms with Gasteiger partial charge in [0.2, 0.25) is 0 Å². The Labute approximate surface area is 136 Å². The van der Waals surface area contributed by atoms with Crippen molar-refractivity contribution < 1.29 is 0 Å². The van der Waals surface area contributed by atoms with Gasteiger partial charge in [-0.1, -0.05) is 48.3 Å². The first-order valence-corrected chi connectivity index (χ1v) is 8.05. The number of aromatic nitrogens is 2. The van der Waals surface area contributed by atoms with Crippen LogP contribution >= 0.6 is 23.2 Å². The van der Waals surface area contributed by atoms with E-state index in [2.05, 4.69) is 31.2 Å². The Morgan fingerprint density at radius 3 is 2.57 bits per heavy atom. The van der Waals surface area contributed by atoms with E-state index >= 15 is 0 Å². The number of hydrogen-bond acceptors (Lipinski definition) is 2. The van der Waals surface area contributed by atoms with Crippen molar-refractivity contribution in [1.29, 1.82) is 0 Å². The monoisotopic (exact) mass is 325 g/mol. The van der Waals surface area contributed by atoms with Gasteiger partial charge >= 0.3 is 0 Å². The van der Waals surface area contributed by atoms with Gasteiger partial charge in [-0.25, -0.2) is 0 Å². The van der Waals surface area contributed by atoms with Gasteiger partial charge in [-0.15, -0.1) is 0 Å². The van der Waals surface area contributed by atoms with Gasteiger partial charge in [0.1, 0.15) is 0 Å². The normalized spacial score (nSPS) is 12.6. The third-order valence-electron chi connectivity index (χ3n) is 3.64. The lowest BCUT2D eigenvalue weighted by Crippen LogP contribution is -2.20. The van der Waals surface area contributed by atoms with Crippen LogP contribution in [0.2, 0.25) is 10.0 Å². The standard InChI is InChI=1S/C16H21Cl2N3/c1-4-14-16(18)15(21(5-2)20-14)10-19-11(3)12-8-6-7-9-13(12)17/h6-9,11,19H,4-5,10H2,1-3H3/t11-/m1/s1. The first-order valence-electron chi connectivity index (χ1n) is 7.30. The van der Waals surface area contributed by atoms with Gasteiger partial charge in [0.15, 0.2) is 0 Å². The minimum absolute atomic E-state index is 0.153. The molecule has 3 nitrogen and oxygen atoms in total. The van der Waals surface area contributed by atoms with Crippen LogP contribution in [0, 0.1) is 0 Å². The van der Waals surface area contributed by atoms with Crippen LogP contribution in [-0.4, -0.2) is 9.78 Å². The fourth-order valence-electron chi connectivity index (χ4n) is 2.37. The van der Waals surface area contributed by atoms with Gasteiger partial charge < -0.3 is 5.32 Å². The van der Waals surface area contributed by atoms with E-state index in [9.17, 15) is 0 Å². The molecule has 2 rings (SSSR count). The molecular formula is C16H21Cl2N3. The third kappa shape index (κ3) is 3.60. The molecule has 0 aliphatic rings. The summed E-state index contributed by atoms with van der Waals surface area (Å²) in [4.78, 5) is 0. The highest BCUT2D eigenvalue weighted by Crippen LogP contribution is 2.25. The van der Waals surface area contributed by atoms with Crippen LogP contribution in [0.15, 0.2) is 24.3 Å². The summed E-state index contributed by atoms with van der Waals surface area (Å²) in [5.74, 6) is 0. The minimum atomic E-state index is 0.153. The second-order valence-corrected chi connectivity index (χ2v) is 5.79. The Kier molecular flexibility index (Phi) is 5.68. The third-order valence-corrected chi connectivity index (χ3v) is 4.42. The lowest BCUT2D eigenvalue weighted by Gasteiger charge is -2.16. The quantitative estimate of drug-likeness (QED) is 0.839. The predicted molar refractivity (Wildman–Crippen MR) is 89.0 cm³/mol. The summed E-state index contributed by atoms with van der Waals surface area (Å²) in [5.41, 5.74) is 3.09. The Morgan fingerprint density at radius 2 is 1.95 bits per heavy atom. The van der Waals surface area contributed by atoms with Crippen LogP contribution in [0.1, 0.15) is 43.8 Å². The van der Waals surface area contributed by atoms with Crippen LogP contribution in [0.4, 0.5) is 0 Å². The smallest absolute Gasteiger partial charge is 0.0863 e. The molecule has 1 aromatic heterocycles. The molecule has 0 spiro atoms. The minimum Gasteiger partial charge on any atom is -0.304 e. The number of nitrogens with one attached hydrogen (secondary N) is 1. The SMILES string of the molecule is CCc1nn(CC)c(CN[C@H](C)c2ccccc2Cl)c1Cl. The van der Waals surface area contributed by atoms with Crippen molar-refractivity contribution >= 4 is 23.2 Å². The molecule has 1 aromatic carbocycles. The van der Waals surface area contributed by atoms with Gasteiger partial charge in [-0.05, 0) is 31.9 Å². The highest BCUT2D eigenvalue weighted by molar-refractivity contribution is 6.32. The number of hydrogen-bond donors (Lipinski definition) is 1. The Morgan fingerprint density at radius 1 is 1.24 bits per heavy atom. The largest absolute Gasteiger partial charge is 0.304 e. The molecule has 0 saturated carbocycles. The molecule has 1 N–H and O–H groups in total. The molecule has 0 bridgehead atoms. The Hall–Kier alpha value is -1.03. The van der Waals surface area contributed by atoms with Crippen LogP contribution in [0.5, 0.6) is 0 Å². The zero-order chi connectivity index (χ0) is 15.4. The molecule has 1 heterocycles. The van der Waals surface area contributed by atoms with Crippen molar-refractivity contribution in [3.8, 4) is 0 Å². The zero-order valence-electron chi connectivity index (χ0n) is 12.7. The maximum atomic E-state index is 6.42. The van der Waals surface area contributed by atoms with Crippen LogP contribution in [-0.2, 0) is 19.5 Å². The lowest BCUT2D eigenvalue weighted by molar-refractivity contribution is 0.530. The van der Waals surface area contributed by atoms with Crippen LogP contribution < -0.4 is 5.32 Å². The fraction of sp³-hybridized carbons (Fsp3) is 0.438. The van der Waals surface area contributed by atoms with E-state index in [1.165, 1.54) is 0 Å². The van der Waals surface area contributed by atoms with Crippen LogP contribution in [0.25, 0.3) is 0 Å². The molecule has 0 radical (unpaired) electrons. The highest BCUT2D eigenvalue weighted by Gasteiger charge is 2.16. The molecule has 0 aliphatic carbocycles. The molecule has 0 amide bonds. The van der Waals surface area contributed by atoms with E-state index in [4.69, 9.17) is 23.2 Å². The first kappa shape index (κ1) is 16.3. The molecule has 5 heteroatoms. The molecule has 0 unspecified atom stereocenters. The molecule has 21 heavy (non-hydrogen) atoms. The molecule has 0 saturated heterocycles. The molecular weight excluding hydrogens is 305 g/mol. The van der Waals surface area contributed by atoms with Crippen molar-refractivity contribution in [1.82, 2.24) is 15.1 Å². The van der Waals surface area contributed by atoms with Gasteiger partial charge in [0.05, 0.1) is 16.4 Å². The van der Waals surface area contributed by atoms with Gasteiger partial charge in [0.25, 0.3) is 0 Å². The second kappa shape index (κ2) is 7.30. The topological polar surface area (TPSA) is 29.9 Å². The van der Waals surface area contributed by atoms with E-state index in [0.717, 1.165) is 40.0 Å². The van der Waals surface area contributed by atoms with E-state index in [1.807, 2.05) is 28.9 Å². The van der Waals surface area contributed by atoms with Crippen molar-refractivity contribution in [2.75, 3.05) is 0 Å². The van der Waals surface area contributed by atoms with E-state index < -0.39 is 0 Å². The number of benzene rings is 1. The first-order chi connectivity index (χ1) is 10.1. The highest BCUT2D eigenvalue weighted by atomic mass is 35.5. The summed E-state index contributed by atoms with van der Waals surface area (Å²) < 4.78 is 1.97. The maximum absolute atomic E-state index is 6.42. The summed E-state index contributed by atoms with van der Waals surface area (Å²) in [6.07, 6.45) is 0.846. The number of aryl methyl sites for hydroxylation is 2. The number of rotatable bonds is 6. The molecule has 2 aromatic rings. The van der Waals surface area contributed by atoms with E-state index in [1.54, 1.807) is 0 Å². The van der Waals surface area contributed by atoms with Crippen molar-refractivity contribution in [3.05, 3.63) is 51.3 Å². The van der Waals surface area contributed by atoms with Gasteiger partial charge in [0, 0.05) is 24.2 Å². The Balaban J connectivity index is 2.13. The van der Waals surface area contributed by atoms with Gasteiger partial charge in [-0.3, -0.25) is 4.68 Å².